The van der Waals surface area contributed by atoms with E-state index >= 15 is 0 Å². The fourth-order valence-corrected chi connectivity index (χ4v) is 3.05. The molecule has 3 rings (SSSR count). The van der Waals surface area contributed by atoms with E-state index < -0.39 is 0 Å². The molecule has 0 saturated carbocycles. The summed E-state index contributed by atoms with van der Waals surface area (Å²) in [7, 11) is 0. The van der Waals surface area contributed by atoms with Gasteiger partial charge in [0.1, 0.15) is 16.9 Å². The van der Waals surface area contributed by atoms with Gasteiger partial charge in [-0.3, -0.25) is 0 Å². The second kappa shape index (κ2) is 4.98. The maximum Gasteiger partial charge on any atom is 0.144 e. The Kier molecular flexibility index (Phi) is 3.18. The summed E-state index contributed by atoms with van der Waals surface area (Å²) >= 11 is 1.62. The van der Waals surface area contributed by atoms with Crippen molar-refractivity contribution in [3.05, 3.63) is 39.0 Å². The Labute approximate surface area is 116 Å². The van der Waals surface area contributed by atoms with Gasteiger partial charge in [0.15, 0.2) is 0 Å². The van der Waals surface area contributed by atoms with Crippen LogP contribution < -0.4 is 5.32 Å². The minimum atomic E-state index is 0.624. The smallest absolute Gasteiger partial charge is 0.144 e. The second-order valence-corrected chi connectivity index (χ2v) is 5.63. The fourth-order valence-electron chi connectivity index (χ4n) is 2.34. The monoisotopic (exact) mass is 270 g/mol. The summed E-state index contributed by atoms with van der Waals surface area (Å²) in [6, 6.07) is 4.20. The van der Waals surface area contributed by atoms with Crippen LogP contribution in [0.15, 0.2) is 11.4 Å². The second-order valence-electron chi connectivity index (χ2n) is 4.69. The summed E-state index contributed by atoms with van der Waals surface area (Å²) in [6.07, 6.45) is 3.21. The van der Waals surface area contributed by atoms with Crippen molar-refractivity contribution in [1.82, 2.24) is 9.97 Å². The normalized spacial score (nSPS) is 13.1. The molecular formula is C14H14N4S. The number of nitrogens with zero attached hydrogens (tertiary/aromatic N) is 3. The standard InChI is InChI=1S/C14H14N4S/c1-9-8-19-13(17-9)7-16-14-11(6-15)5-10-3-2-4-12(10)18-14/h5,8H,2-4,7H2,1H3,(H,16,18). The number of aromatic nitrogens is 2. The van der Waals surface area contributed by atoms with Crippen LogP contribution in [0.5, 0.6) is 0 Å². The molecular weight excluding hydrogens is 256 g/mol. The zero-order chi connectivity index (χ0) is 13.2. The molecule has 2 heterocycles. The van der Waals surface area contributed by atoms with E-state index in [-0.39, 0.29) is 0 Å². The predicted molar refractivity (Wildman–Crippen MR) is 75.2 cm³/mol. The van der Waals surface area contributed by atoms with Crippen LogP contribution in [0.25, 0.3) is 0 Å². The molecule has 0 fully saturated rings. The maximum atomic E-state index is 9.21. The lowest BCUT2D eigenvalue weighted by atomic mass is 10.1. The van der Waals surface area contributed by atoms with Gasteiger partial charge in [0, 0.05) is 16.8 Å². The van der Waals surface area contributed by atoms with Crippen LogP contribution >= 0.6 is 11.3 Å². The lowest BCUT2D eigenvalue weighted by Crippen LogP contribution is -2.05. The quantitative estimate of drug-likeness (QED) is 0.931. The molecule has 1 aliphatic carbocycles. The average molecular weight is 270 g/mol. The van der Waals surface area contributed by atoms with Crippen LogP contribution in [-0.2, 0) is 19.4 Å². The maximum absolute atomic E-state index is 9.21. The molecule has 1 N–H and O–H groups in total. The number of fused-ring (bicyclic) bond motifs is 1. The van der Waals surface area contributed by atoms with Crippen molar-refractivity contribution < 1.29 is 0 Å². The number of aryl methyl sites for hydroxylation is 3. The molecule has 96 valence electrons. The Bertz CT molecular complexity index is 654. The molecule has 4 nitrogen and oxygen atoms in total. The van der Waals surface area contributed by atoms with Crippen molar-refractivity contribution in [2.75, 3.05) is 5.32 Å². The molecule has 1 aliphatic rings. The van der Waals surface area contributed by atoms with E-state index in [0.717, 1.165) is 35.7 Å². The highest BCUT2D eigenvalue weighted by molar-refractivity contribution is 7.09. The van der Waals surface area contributed by atoms with E-state index in [0.29, 0.717) is 17.9 Å². The van der Waals surface area contributed by atoms with Crippen LogP contribution in [0.1, 0.15) is 33.9 Å². The van der Waals surface area contributed by atoms with Crippen molar-refractivity contribution in [2.45, 2.75) is 32.7 Å². The SMILES string of the molecule is Cc1csc(CNc2nc3c(cc2C#N)CCC3)n1. The number of nitriles is 1. The van der Waals surface area contributed by atoms with E-state index in [1.807, 2.05) is 18.4 Å². The number of thiazole rings is 1. The highest BCUT2D eigenvalue weighted by atomic mass is 32.1. The molecule has 0 bridgehead atoms. The van der Waals surface area contributed by atoms with E-state index in [1.165, 1.54) is 5.56 Å². The van der Waals surface area contributed by atoms with Gasteiger partial charge >= 0.3 is 0 Å². The van der Waals surface area contributed by atoms with E-state index in [1.54, 1.807) is 11.3 Å². The van der Waals surface area contributed by atoms with Crippen molar-refractivity contribution >= 4 is 17.2 Å². The molecule has 2 aromatic rings. The summed E-state index contributed by atoms with van der Waals surface area (Å²) in [5, 5.41) is 15.5. The fraction of sp³-hybridized carbons (Fsp3) is 0.357. The van der Waals surface area contributed by atoms with E-state index in [4.69, 9.17) is 0 Å². The van der Waals surface area contributed by atoms with Gasteiger partial charge in [-0.15, -0.1) is 11.3 Å². The molecule has 0 aromatic carbocycles. The summed E-state index contributed by atoms with van der Waals surface area (Å²) in [6.45, 7) is 2.60. The number of hydrogen-bond donors (Lipinski definition) is 1. The predicted octanol–water partition coefficient (Wildman–Crippen LogP) is 2.82. The van der Waals surface area contributed by atoms with Gasteiger partial charge in [0.25, 0.3) is 0 Å². The third-order valence-electron chi connectivity index (χ3n) is 3.24. The summed E-state index contributed by atoms with van der Waals surface area (Å²) in [5.74, 6) is 0.691. The number of rotatable bonds is 3. The zero-order valence-electron chi connectivity index (χ0n) is 10.7. The zero-order valence-corrected chi connectivity index (χ0v) is 11.5. The topological polar surface area (TPSA) is 61.6 Å². The molecule has 0 atom stereocenters. The number of anilines is 1. The third kappa shape index (κ3) is 2.45. The lowest BCUT2D eigenvalue weighted by molar-refractivity contribution is 0.899. The third-order valence-corrected chi connectivity index (χ3v) is 4.21. The Balaban J connectivity index is 1.82. The Morgan fingerprint density at radius 1 is 1.42 bits per heavy atom. The molecule has 0 unspecified atom stereocenters. The van der Waals surface area contributed by atoms with Gasteiger partial charge in [-0.1, -0.05) is 0 Å². The minimum absolute atomic E-state index is 0.624. The van der Waals surface area contributed by atoms with Crippen LogP contribution in [0, 0.1) is 18.3 Å². The number of pyridine rings is 1. The first kappa shape index (κ1) is 12.1. The highest BCUT2D eigenvalue weighted by Gasteiger charge is 2.16. The van der Waals surface area contributed by atoms with Crippen LogP contribution in [0.2, 0.25) is 0 Å². The average Bonchev–Trinajstić information content (AvgIpc) is 3.03. The van der Waals surface area contributed by atoms with Gasteiger partial charge in [-0.25, -0.2) is 9.97 Å². The first-order chi connectivity index (χ1) is 9.26. The van der Waals surface area contributed by atoms with E-state index in [9.17, 15) is 5.26 Å². The summed E-state index contributed by atoms with van der Waals surface area (Å²) in [4.78, 5) is 8.99. The first-order valence-electron chi connectivity index (χ1n) is 6.34. The molecule has 5 heteroatoms. The Morgan fingerprint density at radius 2 is 2.32 bits per heavy atom. The Morgan fingerprint density at radius 3 is 3.05 bits per heavy atom. The number of hydrogen-bond acceptors (Lipinski definition) is 5. The van der Waals surface area contributed by atoms with Gasteiger partial charge in [0.2, 0.25) is 0 Å². The van der Waals surface area contributed by atoms with Gasteiger partial charge in [-0.2, -0.15) is 5.26 Å². The Hall–Kier alpha value is -1.93. The largest absolute Gasteiger partial charge is 0.362 e. The van der Waals surface area contributed by atoms with Gasteiger partial charge in [-0.05, 0) is 37.8 Å². The van der Waals surface area contributed by atoms with Crippen LogP contribution in [-0.4, -0.2) is 9.97 Å². The highest BCUT2D eigenvalue weighted by Crippen LogP contribution is 2.25. The van der Waals surface area contributed by atoms with Crippen LogP contribution in [0.3, 0.4) is 0 Å². The number of nitrogens with one attached hydrogen (secondary N) is 1. The molecule has 0 aliphatic heterocycles. The van der Waals surface area contributed by atoms with Gasteiger partial charge in [0.05, 0.1) is 12.1 Å². The molecule has 0 amide bonds. The van der Waals surface area contributed by atoms with Crippen molar-refractivity contribution in [3.8, 4) is 6.07 Å². The van der Waals surface area contributed by atoms with Crippen molar-refractivity contribution in [3.63, 3.8) is 0 Å². The van der Waals surface area contributed by atoms with Crippen LogP contribution in [0.4, 0.5) is 5.82 Å². The van der Waals surface area contributed by atoms with Gasteiger partial charge < -0.3 is 5.32 Å². The molecule has 0 spiro atoms. The molecule has 2 aromatic heterocycles. The lowest BCUT2D eigenvalue weighted by Gasteiger charge is -2.08. The molecule has 0 saturated heterocycles. The van der Waals surface area contributed by atoms with E-state index in [2.05, 4.69) is 21.4 Å². The summed E-state index contributed by atoms with van der Waals surface area (Å²) < 4.78 is 0. The molecule has 19 heavy (non-hydrogen) atoms. The summed E-state index contributed by atoms with van der Waals surface area (Å²) in [5.41, 5.74) is 4.03. The molecule has 0 radical (unpaired) electrons. The van der Waals surface area contributed by atoms with Crippen molar-refractivity contribution in [2.24, 2.45) is 0 Å². The van der Waals surface area contributed by atoms with Crippen molar-refractivity contribution in [1.29, 1.82) is 5.26 Å². The minimum Gasteiger partial charge on any atom is -0.362 e. The first-order valence-corrected chi connectivity index (χ1v) is 7.22.